The highest BCUT2D eigenvalue weighted by molar-refractivity contribution is 7.99. The van der Waals surface area contributed by atoms with Gasteiger partial charge in [-0.2, -0.15) is 0 Å². The third-order valence-corrected chi connectivity index (χ3v) is 6.06. The lowest BCUT2D eigenvalue weighted by Crippen LogP contribution is -2.16. The predicted octanol–water partition coefficient (Wildman–Crippen LogP) is 4.82. The lowest BCUT2D eigenvalue weighted by atomic mass is 10.2. The van der Waals surface area contributed by atoms with E-state index in [1.54, 1.807) is 6.07 Å². The van der Waals surface area contributed by atoms with Crippen molar-refractivity contribution < 1.29 is 14.0 Å². The van der Waals surface area contributed by atoms with E-state index in [9.17, 15) is 9.59 Å². The standard InChI is InChI=1S/C23H20N4O3S/c1-14(28)21-20(17-9-5-6-10-18(17)30-21)24-19(29)13-31-23-26-25-22(15-11-12-15)27(23)16-7-3-2-4-8-16/h2-10,15H,11-13H2,1H3,(H,24,29). The number of ketones is 1. The topological polar surface area (TPSA) is 90.0 Å². The molecule has 31 heavy (non-hydrogen) atoms. The Bertz CT molecular complexity index is 1270. The summed E-state index contributed by atoms with van der Waals surface area (Å²) in [4.78, 5) is 24.8. The normalized spacial score (nSPS) is 13.5. The minimum Gasteiger partial charge on any atom is -0.451 e. The fourth-order valence-corrected chi connectivity index (χ4v) is 4.28. The van der Waals surface area contributed by atoms with E-state index >= 15 is 0 Å². The Labute approximate surface area is 182 Å². The van der Waals surface area contributed by atoms with E-state index in [2.05, 4.69) is 15.5 Å². The van der Waals surface area contributed by atoms with Gasteiger partial charge in [-0.1, -0.05) is 42.1 Å². The minimum atomic E-state index is -0.241. The summed E-state index contributed by atoms with van der Waals surface area (Å²) in [7, 11) is 0. The summed E-state index contributed by atoms with van der Waals surface area (Å²) in [6, 6.07) is 17.2. The van der Waals surface area contributed by atoms with Gasteiger partial charge in [-0.25, -0.2) is 0 Å². The largest absolute Gasteiger partial charge is 0.451 e. The van der Waals surface area contributed by atoms with E-state index in [0.29, 0.717) is 27.7 Å². The van der Waals surface area contributed by atoms with Crippen LogP contribution in [0.2, 0.25) is 0 Å². The number of rotatable bonds is 7. The number of aromatic nitrogens is 3. The first kappa shape index (κ1) is 19.6. The number of fused-ring (bicyclic) bond motifs is 1. The van der Waals surface area contributed by atoms with Crippen molar-refractivity contribution >= 4 is 40.1 Å². The summed E-state index contributed by atoms with van der Waals surface area (Å²) in [5.41, 5.74) is 1.96. The average Bonchev–Trinajstić information content (AvgIpc) is 3.44. The van der Waals surface area contributed by atoms with Crippen molar-refractivity contribution in [3.8, 4) is 5.69 Å². The zero-order valence-electron chi connectivity index (χ0n) is 16.9. The zero-order chi connectivity index (χ0) is 21.4. The SMILES string of the molecule is CC(=O)c1oc2ccccc2c1NC(=O)CSc1nnc(C2CC2)n1-c1ccccc1. The summed E-state index contributed by atoms with van der Waals surface area (Å²) in [5.74, 6) is 1.17. The van der Waals surface area contributed by atoms with E-state index in [-0.39, 0.29) is 23.2 Å². The number of anilines is 1. The van der Waals surface area contributed by atoms with Crippen LogP contribution < -0.4 is 5.32 Å². The van der Waals surface area contributed by atoms with E-state index in [1.807, 2.05) is 53.1 Å². The number of para-hydroxylation sites is 2. The molecule has 1 N–H and O–H groups in total. The molecule has 0 saturated heterocycles. The van der Waals surface area contributed by atoms with Crippen LogP contribution in [0.3, 0.4) is 0 Å². The molecule has 7 nitrogen and oxygen atoms in total. The molecule has 2 heterocycles. The highest BCUT2D eigenvalue weighted by Crippen LogP contribution is 2.41. The highest BCUT2D eigenvalue weighted by Gasteiger charge is 2.31. The van der Waals surface area contributed by atoms with Crippen LogP contribution in [-0.2, 0) is 4.79 Å². The van der Waals surface area contributed by atoms with Crippen molar-refractivity contribution in [2.75, 3.05) is 11.1 Å². The molecule has 0 unspecified atom stereocenters. The van der Waals surface area contributed by atoms with Gasteiger partial charge in [-0.05, 0) is 37.1 Å². The van der Waals surface area contributed by atoms with Crippen LogP contribution in [0.25, 0.3) is 16.7 Å². The fraction of sp³-hybridized carbons (Fsp3) is 0.217. The second kappa shape index (κ2) is 8.03. The van der Waals surface area contributed by atoms with Gasteiger partial charge in [0.1, 0.15) is 11.4 Å². The van der Waals surface area contributed by atoms with Crippen molar-refractivity contribution in [3.63, 3.8) is 0 Å². The predicted molar refractivity (Wildman–Crippen MR) is 119 cm³/mol. The summed E-state index contributed by atoms with van der Waals surface area (Å²) in [6.45, 7) is 1.42. The molecule has 1 saturated carbocycles. The number of nitrogens with one attached hydrogen (secondary N) is 1. The molecule has 1 aliphatic carbocycles. The van der Waals surface area contributed by atoms with Gasteiger partial charge in [0.25, 0.3) is 0 Å². The number of Topliss-reactive ketones (excluding diaryl/α,β-unsaturated/α-hetero) is 1. The number of thioether (sulfide) groups is 1. The number of nitrogens with zero attached hydrogens (tertiary/aromatic N) is 3. The van der Waals surface area contributed by atoms with E-state index in [1.165, 1.54) is 18.7 Å². The van der Waals surface area contributed by atoms with Gasteiger partial charge in [0, 0.05) is 23.9 Å². The number of carbonyl (C=O) groups excluding carboxylic acids is 2. The third kappa shape index (κ3) is 3.86. The smallest absolute Gasteiger partial charge is 0.234 e. The Morgan fingerprint density at radius 3 is 2.58 bits per heavy atom. The van der Waals surface area contributed by atoms with Crippen molar-refractivity contribution in [1.82, 2.24) is 14.8 Å². The summed E-state index contributed by atoms with van der Waals surface area (Å²) in [5, 5.41) is 13.0. The average molecular weight is 433 g/mol. The van der Waals surface area contributed by atoms with Crippen LogP contribution >= 0.6 is 11.8 Å². The van der Waals surface area contributed by atoms with Crippen LogP contribution in [0.4, 0.5) is 5.69 Å². The number of hydrogen-bond acceptors (Lipinski definition) is 6. The quantitative estimate of drug-likeness (QED) is 0.332. The molecule has 0 atom stereocenters. The Morgan fingerprint density at radius 1 is 1.10 bits per heavy atom. The lowest BCUT2D eigenvalue weighted by molar-refractivity contribution is -0.113. The van der Waals surface area contributed by atoms with Gasteiger partial charge < -0.3 is 9.73 Å². The molecule has 5 rings (SSSR count). The molecule has 156 valence electrons. The summed E-state index contributed by atoms with van der Waals surface area (Å²) < 4.78 is 7.67. The molecule has 1 aliphatic rings. The maximum atomic E-state index is 12.8. The maximum absolute atomic E-state index is 12.8. The second-order valence-corrected chi connectivity index (χ2v) is 8.42. The molecule has 0 bridgehead atoms. The number of furan rings is 1. The molecule has 0 aliphatic heterocycles. The molecule has 4 aromatic rings. The maximum Gasteiger partial charge on any atom is 0.234 e. The first-order valence-corrected chi connectivity index (χ1v) is 11.1. The van der Waals surface area contributed by atoms with Crippen molar-refractivity contribution in [3.05, 3.63) is 66.2 Å². The Hall–Kier alpha value is -3.39. The van der Waals surface area contributed by atoms with E-state index < -0.39 is 0 Å². The molecule has 2 aromatic heterocycles. The van der Waals surface area contributed by atoms with Gasteiger partial charge in [-0.3, -0.25) is 14.2 Å². The number of benzene rings is 2. The molecular weight excluding hydrogens is 412 g/mol. The first-order valence-electron chi connectivity index (χ1n) is 10.1. The van der Waals surface area contributed by atoms with Crippen LogP contribution in [0.1, 0.15) is 42.1 Å². The van der Waals surface area contributed by atoms with E-state index in [0.717, 1.165) is 24.4 Å². The summed E-state index contributed by atoms with van der Waals surface area (Å²) in [6.07, 6.45) is 2.22. The highest BCUT2D eigenvalue weighted by atomic mass is 32.2. The fourth-order valence-electron chi connectivity index (χ4n) is 3.52. The Balaban J connectivity index is 1.37. The van der Waals surface area contributed by atoms with Gasteiger partial charge in [-0.15, -0.1) is 10.2 Å². The van der Waals surface area contributed by atoms with Crippen LogP contribution in [0.15, 0.2) is 64.2 Å². The lowest BCUT2D eigenvalue weighted by Gasteiger charge is -2.10. The minimum absolute atomic E-state index is 0.131. The molecule has 2 aromatic carbocycles. The van der Waals surface area contributed by atoms with Crippen LogP contribution in [0.5, 0.6) is 0 Å². The summed E-state index contributed by atoms with van der Waals surface area (Å²) >= 11 is 1.32. The number of hydrogen-bond donors (Lipinski definition) is 1. The Kier molecular flexibility index (Phi) is 5.07. The van der Waals surface area contributed by atoms with Crippen LogP contribution in [-0.4, -0.2) is 32.2 Å². The molecule has 8 heteroatoms. The van der Waals surface area contributed by atoms with Crippen molar-refractivity contribution in [2.24, 2.45) is 0 Å². The first-order chi connectivity index (χ1) is 15.1. The van der Waals surface area contributed by atoms with Crippen LogP contribution in [0, 0.1) is 0 Å². The van der Waals surface area contributed by atoms with Gasteiger partial charge in [0.2, 0.25) is 5.91 Å². The molecule has 1 amide bonds. The molecule has 1 fully saturated rings. The molecule has 0 radical (unpaired) electrons. The van der Waals surface area contributed by atoms with Gasteiger partial charge >= 0.3 is 0 Å². The monoisotopic (exact) mass is 432 g/mol. The zero-order valence-corrected chi connectivity index (χ0v) is 17.7. The third-order valence-electron chi connectivity index (χ3n) is 5.13. The van der Waals surface area contributed by atoms with Gasteiger partial charge in [0.05, 0.1) is 11.4 Å². The molecular formula is C23H20N4O3S. The Morgan fingerprint density at radius 2 is 1.84 bits per heavy atom. The van der Waals surface area contributed by atoms with Gasteiger partial charge in [0.15, 0.2) is 16.7 Å². The van der Waals surface area contributed by atoms with Crippen molar-refractivity contribution in [2.45, 2.75) is 30.8 Å². The number of amides is 1. The second-order valence-electron chi connectivity index (χ2n) is 7.48. The van der Waals surface area contributed by atoms with E-state index in [4.69, 9.17) is 4.42 Å². The molecule has 0 spiro atoms. The van der Waals surface area contributed by atoms with Crippen molar-refractivity contribution in [1.29, 1.82) is 0 Å². The number of carbonyl (C=O) groups is 2.